The quantitative estimate of drug-likeness (QED) is 0.169. The molecule has 2 aromatic carbocycles. The number of benzene rings is 2. The minimum absolute atomic E-state index is 0.333. The van der Waals surface area contributed by atoms with Crippen LogP contribution >= 0.6 is 0 Å². The number of rotatable bonds is 13. The van der Waals surface area contributed by atoms with E-state index in [1.165, 1.54) is 63.4 Å². The van der Waals surface area contributed by atoms with Gasteiger partial charge in [-0.2, -0.15) is 0 Å². The van der Waals surface area contributed by atoms with Crippen LogP contribution in [0.3, 0.4) is 0 Å². The molecule has 1 atom stereocenters. The fraction of sp³-hybridized carbons (Fsp3) is 0.581. The molecule has 3 rings (SSSR count). The van der Waals surface area contributed by atoms with Crippen molar-refractivity contribution in [2.24, 2.45) is 17.8 Å². The maximum atomic E-state index is 12.5. The van der Waals surface area contributed by atoms with Gasteiger partial charge in [-0.1, -0.05) is 77.8 Å². The Morgan fingerprint density at radius 3 is 2.12 bits per heavy atom. The van der Waals surface area contributed by atoms with Gasteiger partial charge in [0.05, 0.1) is 12.2 Å². The van der Waals surface area contributed by atoms with E-state index >= 15 is 0 Å². The number of ether oxygens (including phenoxy) is 2. The molecule has 0 amide bonds. The normalized spacial score (nSPS) is 18.9. The molecule has 1 aliphatic carbocycles. The van der Waals surface area contributed by atoms with Crippen LogP contribution in [-0.4, -0.2) is 12.6 Å². The van der Waals surface area contributed by atoms with E-state index in [-0.39, 0.29) is 5.97 Å². The Bertz CT molecular complexity index is 832. The number of hydrogen-bond acceptors (Lipinski definition) is 3. The van der Waals surface area contributed by atoms with E-state index in [0.29, 0.717) is 17.9 Å². The van der Waals surface area contributed by atoms with Gasteiger partial charge in [0, 0.05) is 0 Å². The molecule has 0 unspecified atom stereocenters. The third-order valence-corrected chi connectivity index (χ3v) is 7.54. The summed E-state index contributed by atoms with van der Waals surface area (Å²) in [6, 6.07) is 15.3. The summed E-state index contributed by atoms with van der Waals surface area (Å²) in [5, 5.41) is 0. The van der Waals surface area contributed by atoms with E-state index < -0.39 is 0 Å². The molecule has 0 spiro atoms. The summed E-state index contributed by atoms with van der Waals surface area (Å²) in [6.45, 7) is 7.50. The second kappa shape index (κ2) is 14.2. The van der Waals surface area contributed by atoms with Crippen molar-refractivity contribution in [3.63, 3.8) is 0 Å². The summed E-state index contributed by atoms with van der Waals surface area (Å²) >= 11 is 0. The molecule has 1 aliphatic rings. The van der Waals surface area contributed by atoms with Gasteiger partial charge in [0.1, 0.15) is 11.5 Å². The molecular weight excluding hydrogens is 420 g/mol. The smallest absolute Gasteiger partial charge is 0.343 e. The van der Waals surface area contributed by atoms with Crippen molar-refractivity contribution < 1.29 is 14.3 Å². The number of carbonyl (C=O) groups is 1. The maximum absolute atomic E-state index is 12.5. The van der Waals surface area contributed by atoms with Crippen LogP contribution in [0.1, 0.15) is 101 Å². The zero-order chi connectivity index (χ0) is 24.2. The maximum Gasteiger partial charge on any atom is 0.343 e. The second-order valence-corrected chi connectivity index (χ2v) is 10.3. The summed E-state index contributed by atoms with van der Waals surface area (Å²) < 4.78 is 11.4. The largest absolute Gasteiger partial charge is 0.494 e. The van der Waals surface area contributed by atoms with E-state index in [0.717, 1.165) is 36.3 Å². The summed E-state index contributed by atoms with van der Waals surface area (Å²) in [4.78, 5) is 12.5. The van der Waals surface area contributed by atoms with Gasteiger partial charge in [0.2, 0.25) is 0 Å². The predicted octanol–water partition coefficient (Wildman–Crippen LogP) is 8.65. The lowest BCUT2D eigenvalue weighted by Gasteiger charge is -2.28. The first-order valence-corrected chi connectivity index (χ1v) is 13.6. The zero-order valence-corrected chi connectivity index (χ0v) is 21.6. The topological polar surface area (TPSA) is 35.5 Å². The summed E-state index contributed by atoms with van der Waals surface area (Å²) in [5.74, 6) is 3.64. The van der Waals surface area contributed by atoms with E-state index in [9.17, 15) is 4.79 Å². The van der Waals surface area contributed by atoms with Crippen LogP contribution in [-0.2, 0) is 6.42 Å². The van der Waals surface area contributed by atoms with Crippen LogP contribution < -0.4 is 9.47 Å². The highest BCUT2D eigenvalue weighted by atomic mass is 16.5. The molecule has 0 N–H and O–H groups in total. The van der Waals surface area contributed by atoms with Crippen LogP contribution in [0.4, 0.5) is 0 Å². The minimum Gasteiger partial charge on any atom is -0.494 e. The second-order valence-electron chi connectivity index (χ2n) is 10.3. The molecule has 0 heterocycles. The van der Waals surface area contributed by atoms with E-state index in [2.05, 4.69) is 32.9 Å². The molecule has 3 nitrogen and oxygen atoms in total. The Kier molecular flexibility index (Phi) is 11.0. The van der Waals surface area contributed by atoms with Gasteiger partial charge < -0.3 is 9.47 Å². The number of aryl methyl sites for hydroxylation is 1. The molecule has 186 valence electrons. The summed E-state index contributed by atoms with van der Waals surface area (Å²) in [7, 11) is 0. The number of esters is 1. The molecule has 0 aromatic heterocycles. The van der Waals surface area contributed by atoms with Crippen molar-refractivity contribution in [2.75, 3.05) is 6.61 Å². The Labute approximate surface area is 207 Å². The molecule has 0 bridgehead atoms. The van der Waals surface area contributed by atoms with Gasteiger partial charge >= 0.3 is 5.97 Å². The van der Waals surface area contributed by atoms with Gasteiger partial charge in [-0.15, -0.1) is 0 Å². The highest BCUT2D eigenvalue weighted by Crippen LogP contribution is 2.34. The molecule has 0 radical (unpaired) electrons. The van der Waals surface area contributed by atoms with Crippen molar-refractivity contribution in [3.8, 4) is 11.5 Å². The van der Waals surface area contributed by atoms with Crippen LogP contribution in [0.5, 0.6) is 11.5 Å². The van der Waals surface area contributed by atoms with Gasteiger partial charge in [-0.05, 0) is 85.4 Å². The SMILES string of the molecule is CCC[C@H]1CC[C@H](CCc2ccc(OC(=O)c3ccc(OCCC[C@@H](C)CC)cc3)cc2)CC1. The van der Waals surface area contributed by atoms with Crippen molar-refractivity contribution in [3.05, 3.63) is 59.7 Å². The average molecular weight is 465 g/mol. The lowest BCUT2D eigenvalue weighted by Crippen LogP contribution is -2.15. The van der Waals surface area contributed by atoms with E-state index in [1.807, 2.05) is 24.3 Å². The van der Waals surface area contributed by atoms with Gasteiger partial charge in [-0.25, -0.2) is 4.79 Å². The third kappa shape index (κ3) is 8.81. The summed E-state index contributed by atoms with van der Waals surface area (Å²) in [6.07, 6.45) is 14.2. The monoisotopic (exact) mass is 464 g/mol. The Morgan fingerprint density at radius 1 is 0.882 bits per heavy atom. The molecule has 1 saturated carbocycles. The van der Waals surface area contributed by atoms with Gasteiger partial charge in [-0.3, -0.25) is 0 Å². The summed E-state index contributed by atoms with van der Waals surface area (Å²) in [5.41, 5.74) is 1.86. The molecule has 0 saturated heterocycles. The number of carbonyl (C=O) groups excluding carboxylic acids is 1. The minimum atomic E-state index is -0.333. The Balaban J connectivity index is 1.38. The Morgan fingerprint density at radius 2 is 1.50 bits per heavy atom. The van der Waals surface area contributed by atoms with E-state index in [4.69, 9.17) is 9.47 Å². The first-order valence-electron chi connectivity index (χ1n) is 13.6. The van der Waals surface area contributed by atoms with Crippen molar-refractivity contribution in [2.45, 2.75) is 91.4 Å². The highest BCUT2D eigenvalue weighted by Gasteiger charge is 2.20. The molecule has 3 heteroatoms. The van der Waals surface area contributed by atoms with Gasteiger partial charge in [0.15, 0.2) is 0 Å². The van der Waals surface area contributed by atoms with Crippen LogP contribution in [0.25, 0.3) is 0 Å². The lowest BCUT2D eigenvalue weighted by molar-refractivity contribution is 0.0734. The van der Waals surface area contributed by atoms with E-state index in [1.54, 1.807) is 12.1 Å². The van der Waals surface area contributed by atoms with Crippen molar-refractivity contribution in [1.29, 1.82) is 0 Å². The molecule has 0 aliphatic heterocycles. The molecule has 1 fully saturated rings. The molecule has 34 heavy (non-hydrogen) atoms. The Hall–Kier alpha value is -2.29. The molecular formula is C31H44O3. The van der Waals surface area contributed by atoms with Crippen LogP contribution in [0, 0.1) is 17.8 Å². The van der Waals surface area contributed by atoms with Gasteiger partial charge in [0.25, 0.3) is 0 Å². The average Bonchev–Trinajstić information content (AvgIpc) is 2.87. The van der Waals surface area contributed by atoms with Crippen LogP contribution in [0.2, 0.25) is 0 Å². The van der Waals surface area contributed by atoms with Crippen LogP contribution in [0.15, 0.2) is 48.5 Å². The zero-order valence-electron chi connectivity index (χ0n) is 21.6. The first kappa shape index (κ1) is 26.3. The highest BCUT2D eigenvalue weighted by molar-refractivity contribution is 5.91. The third-order valence-electron chi connectivity index (χ3n) is 7.54. The lowest BCUT2D eigenvalue weighted by atomic mass is 9.78. The fourth-order valence-corrected chi connectivity index (χ4v) is 4.99. The first-order chi connectivity index (χ1) is 16.6. The predicted molar refractivity (Wildman–Crippen MR) is 141 cm³/mol. The fourth-order valence-electron chi connectivity index (χ4n) is 4.99. The molecule has 2 aromatic rings. The number of hydrogen-bond donors (Lipinski definition) is 0. The standard InChI is InChI=1S/C31H44O3/c1-4-7-25-9-11-26(12-10-25)13-14-27-15-19-30(20-16-27)34-31(32)28-17-21-29(22-18-28)33-23-6-8-24(3)5-2/h15-22,24-26H,4-14,23H2,1-3H3/t24-,25-,26-/m0/s1. The van der Waals surface area contributed by atoms with Crippen molar-refractivity contribution in [1.82, 2.24) is 0 Å². The van der Waals surface area contributed by atoms with Crippen molar-refractivity contribution >= 4 is 5.97 Å².